The third-order valence-electron chi connectivity index (χ3n) is 3.74. The van der Waals surface area contributed by atoms with Crippen LogP contribution < -0.4 is 14.8 Å². The minimum absolute atomic E-state index is 0.260. The molecule has 3 atom stereocenters. The highest BCUT2D eigenvalue weighted by molar-refractivity contribution is 8.00. The summed E-state index contributed by atoms with van der Waals surface area (Å²) < 4.78 is 10.8. The standard InChI is InChI=1S/C15H23NO2S/c1-10(16-14-7-8-19-11(14)2)13-9-12(17-3)5-6-15(13)18-4/h5-6,9-11,14,16H,7-8H2,1-4H3. The summed E-state index contributed by atoms with van der Waals surface area (Å²) in [5.74, 6) is 3.04. The highest BCUT2D eigenvalue weighted by Gasteiger charge is 2.26. The molecule has 1 heterocycles. The molecular formula is C15H23NO2S. The van der Waals surface area contributed by atoms with Crippen molar-refractivity contribution in [2.24, 2.45) is 0 Å². The van der Waals surface area contributed by atoms with Crippen LogP contribution in [0.5, 0.6) is 11.5 Å². The summed E-state index contributed by atoms with van der Waals surface area (Å²) in [5, 5.41) is 4.39. The lowest BCUT2D eigenvalue weighted by Gasteiger charge is -2.24. The number of benzene rings is 1. The molecule has 0 aliphatic carbocycles. The van der Waals surface area contributed by atoms with Crippen LogP contribution in [0.25, 0.3) is 0 Å². The molecule has 2 rings (SSSR count). The lowest BCUT2D eigenvalue weighted by Crippen LogP contribution is -2.35. The van der Waals surface area contributed by atoms with Crippen LogP contribution >= 0.6 is 11.8 Å². The van der Waals surface area contributed by atoms with Crippen molar-refractivity contribution in [3.05, 3.63) is 23.8 Å². The Balaban J connectivity index is 2.14. The van der Waals surface area contributed by atoms with E-state index in [-0.39, 0.29) is 6.04 Å². The van der Waals surface area contributed by atoms with Crippen LogP contribution in [0.2, 0.25) is 0 Å². The van der Waals surface area contributed by atoms with Gasteiger partial charge in [-0.1, -0.05) is 6.92 Å². The molecule has 1 fully saturated rings. The second kappa shape index (κ2) is 6.53. The Kier molecular flexibility index (Phi) is 4.99. The van der Waals surface area contributed by atoms with Gasteiger partial charge in [0.05, 0.1) is 14.2 Å². The predicted molar refractivity (Wildman–Crippen MR) is 81.4 cm³/mol. The maximum Gasteiger partial charge on any atom is 0.123 e. The average Bonchev–Trinajstić information content (AvgIpc) is 2.83. The Hall–Kier alpha value is -0.870. The topological polar surface area (TPSA) is 30.5 Å². The summed E-state index contributed by atoms with van der Waals surface area (Å²) >= 11 is 2.04. The molecule has 3 nitrogen and oxygen atoms in total. The lowest BCUT2D eigenvalue weighted by atomic mass is 10.0. The van der Waals surface area contributed by atoms with Crippen LogP contribution in [-0.2, 0) is 0 Å². The van der Waals surface area contributed by atoms with Crippen LogP contribution in [-0.4, -0.2) is 31.3 Å². The van der Waals surface area contributed by atoms with Crippen LogP contribution in [0.4, 0.5) is 0 Å². The van der Waals surface area contributed by atoms with E-state index in [1.54, 1.807) is 14.2 Å². The van der Waals surface area contributed by atoms with Crippen molar-refractivity contribution in [2.45, 2.75) is 37.6 Å². The van der Waals surface area contributed by atoms with Gasteiger partial charge in [-0.15, -0.1) is 0 Å². The summed E-state index contributed by atoms with van der Waals surface area (Å²) in [6.45, 7) is 4.48. The van der Waals surface area contributed by atoms with E-state index in [1.165, 1.54) is 12.2 Å². The molecule has 1 aliphatic heterocycles. The number of thioether (sulfide) groups is 1. The number of hydrogen-bond acceptors (Lipinski definition) is 4. The van der Waals surface area contributed by atoms with Gasteiger partial charge in [0.15, 0.2) is 0 Å². The fourth-order valence-corrected chi connectivity index (χ4v) is 3.75. The zero-order chi connectivity index (χ0) is 13.8. The number of rotatable bonds is 5. The molecule has 1 aliphatic rings. The number of methoxy groups -OCH3 is 2. The largest absolute Gasteiger partial charge is 0.497 e. The van der Waals surface area contributed by atoms with E-state index in [0.29, 0.717) is 11.3 Å². The molecule has 0 aromatic heterocycles. The zero-order valence-corrected chi connectivity index (χ0v) is 12.9. The van der Waals surface area contributed by atoms with E-state index < -0.39 is 0 Å². The lowest BCUT2D eigenvalue weighted by molar-refractivity contribution is 0.384. The van der Waals surface area contributed by atoms with Crippen molar-refractivity contribution in [1.82, 2.24) is 5.32 Å². The molecule has 0 radical (unpaired) electrons. The Morgan fingerprint density at radius 3 is 2.68 bits per heavy atom. The minimum atomic E-state index is 0.260. The predicted octanol–water partition coefficient (Wildman–Crippen LogP) is 3.25. The van der Waals surface area contributed by atoms with Gasteiger partial charge in [0.1, 0.15) is 11.5 Å². The molecule has 1 aromatic carbocycles. The molecule has 0 saturated carbocycles. The summed E-state index contributed by atoms with van der Waals surface area (Å²) in [7, 11) is 3.41. The first-order valence-electron chi connectivity index (χ1n) is 6.75. The van der Waals surface area contributed by atoms with Gasteiger partial charge in [0.25, 0.3) is 0 Å². The highest BCUT2D eigenvalue weighted by Crippen LogP contribution is 2.32. The van der Waals surface area contributed by atoms with E-state index >= 15 is 0 Å². The van der Waals surface area contributed by atoms with Gasteiger partial charge in [0, 0.05) is 22.9 Å². The third kappa shape index (κ3) is 3.37. The maximum absolute atomic E-state index is 5.46. The van der Waals surface area contributed by atoms with E-state index in [4.69, 9.17) is 9.47 Å². The van der Waals surface area contributed by atoms with E-state index in [2.05, 4.69) is 25.2 Å². The van der Waals surface area contributed by atoms with Gasteiger partial charge in [-0.3, -0.25) is 0 Å². The van der Waals surface area contributed by atoms with Gasteiger partial charge >= 0.3 is 0 Å². The summed E-state index contributed by atoms with van der Waals surface area (Å²) in [6.07, 6.45) is 1.24. The Bertz CT molecular complexity index is 425. The molecule has 0 amide bonds. The average molecular weight is 281 g/mol. The van der Waals surface area contributed by atoms with Crippen molar-refractivity contribution in [1.29, 1.82) is 0 Å². The van der Waals surface area contributed by atoms with Crippen LogP contribution in [0.1, 0.15) is 31.9 Å². The first kappa shape index (κ1) is 14.5. The van der Waals surface area contributed by atoms with Gasteiger partial charge < -0.3 is 14.8 Å². The second-order valence-corrected chi connectivity index (χ2v) is 6.45. The summed E-state index contributed by atoms with van der Waals surface area (Å²) in [6, 6.07) is 6.80. The summed E-state index contributed by atoms with van der Waals surface area (Å²) in [5.41, 5.74) is 1.16. The quantitative estimate of drug-likeness (QED) is 0.897. The third-order valence-corrected chi connectivity index (χ3v) is 5.07. The molecule has 0 spiro atoms. The van der Waals surface area contributed by atoms with Gasteiger partial charge in [-0.25, -0.2) is 0 Å². The molecule has 19 heavy (non-hydrogen) atoms. The molecule has 106 valence electrons. The van der Waals surface area contributed by atoms with Crippen molar-refractivity contribution >= 4 is 11.8 Å². The van der Waals surface area contributed by atoms with Crippen LogP contribution in [0.15, 0.2) is 18.2 Å². The van der Waals surface area contributed by atoms with Crippen molar-refractivity contribution in [2.75, 3.05) is 20.0 Å². The Morgan fingerprint density at radius 1 is 1.32 bits per heavy atom. The van der Waals surface area contributed by atoms with E-state index in [9.17, 15) is 0 Å². The number of nitrogens with one attached hydrogen (secondary N) is 1. The van der Waals surface area contributed by atoms with Crippen molar-refractivity contribution in [3.63, 3.8) is 0 Å². The minimum Gasteiger partial charge on any atom is -0.497 e. The van der Waals surface area contributed by atoms with Crippen LogP contribution in [0.3, 0.4) is 0 Å². The molecule has 3 unspecified atom stereocenters. The van der Waals surface area contributed by atoms with Gasteiger partial charge in [0.2, 0.25) is 0 Å². The van der Waals surface area contributed by atoms with Crippen molar-refractivity contribution in [3.8, 4) is 11.5 Å². The molecule has 1 N–H and O–H groups in total. The van der Waals surface area contributed by atoms with Gasteiger partial charge in [-0.2, -0.15) is 11.8 Å². The van der Waals surface area contributed by atoms with Crippen molar-refractivity contribution < 1.29 is 9.47 Å². The fraction of sp³-hybridized carbons (Fsp3) is 0.600. The molecule has 1 aromatic rings. The van der Waals surface area contributed by atoms with Crippen LogP contribution in [0, 0.1) is 0 Å². The Labute approximate surface area is 120 Å². The van der Waals surface area contributed by atoms with E-state index in [0.717, 1.165) is 17.1 Å². The highest BCUT2D eigenvalue weighted by atomic mass is 32.2. The molecular weight excluding hydrogens is 258 g/mol. The van der Waals surface area contributed by atoms with E-state index in [1.807, 2.05) is 23.9 Å². The fourth-order valence-electron chi connectivity index (χ4n) is 2.54. The number of ether oxygens (including phenoxy) is 2. The zero-order valence-electron chi connectivity index (χ0n) is 12.1. The maximum atomic E-state index is 5.46. The first-order chi connectivity index (χ1) is 9.15. The van der Waals surface area contributed by atoms with Gasteiger partial charge in [-0.05, 0) is 37.3 Å². The number of hydrogen-bond donors (Lipinski definition) is 1. The SMILES string of the molecule is COc1ccc(OC)c(C(C)NC2CCSC2C)c1. The molecule has 4 heteroatoms. The second-order valence-electron chi connectivity index (χ2n) is 4.97. The first-order valence-corrected chi connectivity index (χ1v) is 7.80. The molecule has 0 bridgehead atoms. The summed E-state index contributed by atoms with van der Waals surface area (Å²) in [4.78, 5) is 0. The normalized spacial score (nSPS) is 24.2. The smallest absolute Gasteiger partial charge is 0.123 e. The molecule has 1 saturated heterocycles. The Morgan fingerprint density at radius 2 is 2.11 bits per heavy atom. The monoisotopic (exact) mass is 281 g/mol.